The first-order chi connectivity index (χ1) is 4.93. The van der Waals surface area contributed by atoms with Crippen molar-refractivity contribution in [3.05, 3.63) is 12.2 Å². The Hall–Kier alpha value is -0.900. The maximum atomic E-state index is 4.75. The van der Waals surface area contributed by atoms with Gasteiger partial charge >= 0.3 is 0 Å². The van der Waals surface area contributed by atoms with Gasteiger partial charge in [0.2, 0.25) is 0 Å². The molecular formula is C6H13N3O. The molecule has 0 radical (unpaired) electrons. The molecule has 0 unspecified atom stereocenters. The Bertz CT molecular complexity index is 139. The Balaban J connectivity index is 0.000000371. The topological polar surface area (TPSA) is 50.8 Å². The lowest BCUT2D eigenvalue weighted by atomic mass is 10.7. The standard InChI is InChI=1S/C4H7N3O.C2H6/c1-8-2-4-5-3-6-7-4;1-2/h3H,2H2,1H3,(H,5,6,7);1-2H3. The Morgan fingerprint density at radius 1 is 1.60 bits per heavy atom. The predicted octanol–water partition coefficient (Wildman–Crippen LogP) is 0.977. The molecule has 0 aliphatic carbocycles. The van der Waals surface area contributed by atoms with Crippen LogP contribution >= 0.6 is 0 Å². The molecule has 1 aromatic heterocycles. The first-order valence-corrected chi connectivity index (χ1v) is 3.26. The van der Waals surface area contributed by atoms with Gasteiger partial charge in [-0.25, -0.2) is 4.98 Å². The van der Waals surface area contributed by atoms with Gasteiger partial charge in [0, 0.05) is 7.11 Å². The molecule has 0 amide bonds. The van der Waals surface area contributed by atoms with Crippen molar-refractivity contribution in [3.8, 4) is 0 Å². The van der Waals surface area contributed by atoms with E-state index in [2.05, 4.69) is 15.2 Å². The summed E-state index contributed by atoms with van der Waals surface area (Å²) in [6, 6.07) is 0. The van der Waals surface area contributed by atoms with Crippen molar-refractivity contribution in [3.63, 3.8) is 0 Å². The van der Waals surface area contributed by atoms with Gasteiger partial charge in [-0.15, -0.1) is 0 Å². The molecule has 58 valence electrons. The molecule has 0 aromatic carbocycles. The summed E-state index contributed by atoms with van der Waals surface area (Å²) >= 11 is 0. The van der Waals surface area contributed by atoms with E-state index in [0.717, 1.165) is 5.82 Å². The summed E-state index contributed by atoms with van der Waals surface area (Å²) in [5.41, 5.74) is 0. The van der Waals surface area contributed by atoms with Crippen LogP contribution in [-0.4, -0.2) is 22.3 Å². The smallest absolute Gasteiger partial charge is 0.150 e. The van der Waals surface area contributed by atoms with E-state index in [0.29, 0.717) is 6.61 Å². The van der Waals surface area contributed by atoms with Crippen molar-refractivity contribution in [2.24, 2.45) is 0 Å². The maximum Gasteiger partial charge on any atom is 0.150 e. The fourth-order valence-corrected chi connectivity index (χ4v) is 0.437. The van der Waals surface area contributed by atoms with Crippen LogP contribution in [0.15, 0.2) is 6.33 Å². The van der Waals surface area contributed by atoms with Crippen LogP contribution in [0.4, 0.5) is 0 Å². The largest absolute Gasteiger partial charge is 0.377 e. The van der Waals surface area contributed by atoms with Gasteiger partial charge in [0.05, 0.1) is 0 Å². The molecule has 0 aliphatic rings. The number of H-pyrrole nitrogens is 1. The summed E-state index contributed by atoms with van der Waals surface area (Å²) in [4.78, 5) is 3.81. The fourth-order valence-electron chi connectivity index (χ4n) is 0.437. The monoisotopic (exact) mass is 143 g/mol. The predicted molar refractivity (Wildman–Crippen MR) is 38.4 cm³/mol. The number of rotatable bonds is 2. The van der Waals surface area contributed by atoms with Gasteiger partial charge < -0.3 is 4.74 Å². The number of nitrogens with zero attached hydrogens (tertiary/aromatic N) is 2. The summed E-state index contributed by atoms with van der Waals surface area (Å²) in [5.74, 6) is 0.757. The van der Waals surface area contributed by atoms with Crippen LogP contribution in [0.25, 0.3) is 0 Å². The Morgan fingerprint density at radius 2 is 2.30 bits per heavy atom. The normalized spacial score (nSPS) is 8.30. The van der Waals surface area contributed by atoms with Crippen LogP contribution in [0.1, 0.15) is 19.7 Å². The highest BCUT2D eigenvalue weighted by Crippen LogP contribution is 1.84. The minimum atomic E-state index is 0.500. The minimum absolute atomic E-state index is 0.500. The first-order valence-electron chi connectivity index (χ1n) is 3.26. The molecule has 0 spiro atoms. The van der Waals surface area contributed by atoms with E-state index in [1.807, 2.05) is 13.8 Å². The summed E-state index contributed by atoms with van der Waals surface area (Å²) in [5, 5.41) is 6.28. The highest BCUT2D eigenvalue weighted by atomic mass is 16.5. The molecule has 0 fully saturated rings. The number of hydrogen-bond donors (Lipinski definition) is 1. The van der Waals surface area contributed by atoms with Crippen molar-refractivity contribution < 1.29 is 4.74 Å². The second-order valence-corrected chi connectivity index (χ2v) is 1.37. The van der Waals surface area contributed by atoms with Crippen LogP contribution in [0, 0.1) is 0 Å². The van der Waals surface area contributed by atoms with E-state index in [1.54, 1.807) is 7.11 Å². The van der Waals surface area contributed by atoms with Gasteiger partial charge in [-0.1, -0.05) is 13.8 Å². The molecule has 1 N–H and O–H groups in total. The summed E-state index contributed by atoms with van der Waals surface area (Å²) in [6.45, 7) is 4.50. The molecule has 0 saturated carbocycles. The van der Waals surface area contributed by atoms with Gasteiger partial charge in [-0.2, -0.15) is 5.10 Å². The third-order valence-electron chi connectivity index (χ3n) is 0.746. The Kier molecular flexibility index (Phi) is 5.66. The molecule has 1 aromatic rings. The lowest BCUT2D eigenvalue weighted by Crippen LogP contribution is -1.88. The number of ether oxygens (including phenoxy) is 1. The van der Waals surface area contributed by atoms with Gasteiger partial charge in [0.1, 0.15) is 18.8 Å². The van der Waals surface area contributed by atoms with Crippen LogP contribution in [0.3, 0.4) is 0 Å². The number of methoxy groups -OCH3 is 1. The molecule has 0 saturated heterocycles. The third kappa shape index (κ3) is 3.19. The zero-order valence-electron chi connectivity index (χ0n) is 6.59. The van der Waals surface area contributed by atoms with E-state index in [1.165, 1.54) is 6.33 Å². The summed E-state index contributed by atoms with van der Waals surface area (Å²) in [6.07, 6.45) is 1.45. The fraction of sp³-hybridized carbons (Fsp3) is 0.667. The highest BCUT2D eigenvalue weighted by Gasteiger charge is 1.88. The molecule has 0 bridgehead atoms. The molecule has 10 heavy (non-hydrogen) atoms. The first kappa shape index (κ1) is 9.10. The van der Waals surface area contributed by atoms with E-state index in [-0.39, 0.29) is 0 Å². The number of aromatic amines is 1. The van der Waals surface area contributed by atoms with Crippen molar-refractivity contribution in [1.29, 1.82) is 0 Å². The molecule has 4 heteroatoms. The quantitative estimate of drug-likeness (QED) is 0.671. The molecule has 1 heterocycles. The Labute approximate surface area is 60.6 Å². The van der Waals surface area contributed by atoms with Gasteiger partial charge in [0.15, 0.2) is 0 Å². The lowest BCUT2D eigenvalue weighted by molar-refractivity contribution is 0.178. The molecular weight excluding hydrogens is 130 g/mol. The van der Waals surface area contributed by atoms with Crippen molar-refractivity contribution in [2.45, 2.75) is 20.5 Å². The minimum Gasteiger partial charge on any atom is -0.377 e. The van der Waals surface area contributed by atoms with Crippen LogP contribution in [0.5, 0.6) is 0 Å². The zero-order valence-corrected chi connectivity index (χ0v) is 6.59. The highest BCUT2D eigenvalue weighted by molar-refractivity contribution is 4.74. The third-order valence-corrected chi connectivity index (χ3v) is 0.746. The second kappa shape index (κ2) is 6.22. The van der Waals surface area contributed by atoms with Crippen molar-refractivity contribution in [1.82, 2.24) is 15.2 Å². The van der Waals surface area contributed by atoms with Gasteiger partial charge in [-0.05, 0) is 0 Å². The van der Waals surface area contributed by atoms with Gasteiger partial charge in [0.25, 0.3) is 0 Å². The van der Waals surface area contributed by atoms with E-state index >= 15 is 0 Å². The molecule has 0 atom stereocenters. The lowest BCUT2D eigenvalue weighted by Gasteiger charge is -1.87. The molecule has 1 rings (SSSR count). The average molecular weight is 143 g/mol. The van der Waals surface area contributed by atoms with Crippen molar-refractivity contribution >= 4 is 0 Å². The van der Waals surface area contributed by atoms with E-state index in [9.17, 15) is 0 Å². The van der Waals surface area contributed by atoms with Crippen LogP contribution in [0.2, 0.25) is 0 Å². The summed E-state index contributed by atoms with van der Waals surface area (Å²) in [7, 11) is 1.61. The number of nitrogens with one attached hydrogen (secondary N) is 1. The SMILES string of the molecule is CC.COCc1ncn[nH]1. The maximum absolute atomic E-state index is 4.75. The van der Waals surface area contributed by atoms with E-state index < -0.39 is 0 Å². The van der Waals surface area contributed by atoms with E-state index in [4.69, 9.17) is 4.74 Å². The summed E-state index contributed by atoms with van der Waals surface area (Å²) < 4.78 is 4.75. The average Bonchev–Trinajstić information content (AvgIpc) is 2.46. The van der Waals surface area contributed by atoms with Gasteiger partial charge in [-0.3, -0.25) is 5.10 Å². The molecule has 4 nitrogen and oxygen atoms in total. The van der Waals surface area contributed by atoms with Crippen LogP contribution in [-0.2, 0) is 11.3 Å². The van der Waals surface area contributed by atoms with Crippen LogP contribution < -0.4 is 0 Å². The Morgan fingerprint density at radius 3 is 2.70 bits per heavy atom. The van der Waals surface area contributed by atoms with Crippen molar-refractivity contribution in [2.75, 3.05) is 7.11 Å². The number of hydrogen-bond acceptors (Lipinski definition) is 3. The molecule has 0 aliphatic heterocycles. The zero-order chi connectivity index (χ0) is 7.82. The number of aromatic nitrogens is 3. The second-order valence-electron chi connectivity index (χ2n) is 1.37.